The van der Waals surface area contributed by atoms with Crippen molar-refractivity contribution in [3.63, 3.8) is 0 Å². The van der Waals surface area contributed by atoms with Crippen LogP contribution in [-0.4, -0.2) is 9.78 Å². The van der Waals surface area contributed by atoms with E-state index in [-0.39, 0.29) is 0 Å². The molecule has 0 aliphatic rings. The number of ether oxygens (including phenoxy) is 1. The van der Waals surface area contributed by atoms with E-state index in [0.717, 1.165) is 28.2 Å². The molecule has 0 spiro atoms. The largest absolute Gasteiger partial charge is 0.439 e. The average molecular weight is 309 g/mol. The van der Waals surface area contributed by atoms with Crippen molar-refractivity contribution >= 4 is 15.9 Å². The number of hydrogen-bond acceptors (Lipinski definition) is 2. The van der Waals surface area contributed by atoms with Crippen LogP contribution in [0.15, 0.2) is 18.2 Å². The third-order valence-electron chi connectivity index (χ3n) is 3.12. The fourth-order valence-electron chi connectivity index (χ4n) is 1.85. The zero-order valence-electron chi connectivity index (χ0n) is 11.1. The van der Waals surface area contributed by atoms with E-state index in [4.69, 9.17) is 4.74 Å². The maximum Gasteiger partial charge on any atom is 0.221 e. The molecule has 0 radical (unpaired) electrons. The molecule has 18 heavy (non-hydrogen) atoms. The van der Waals surface area contributed by atoms with Gasteiger partial charge in [0.1, 0.15) is 5.75 Å². The predicted molar refractivity (Wildman–Crippen MR) is 76.6 cm³/mol. The average Bonchev–Trinajstić information content (AvgIpc) is 2.58. The van der Waals surface area contributed by atoms with E-state index < -0.39 is 0 Å². The molecule has 0 aliphatic carbocycles. The predicted octanol–water partition coefficient (Wildman–Crippen LogP) is 4.03. The molecule has 3 nitrogen and oxygen atoms in total. The number of benzene rings is 1. The van der Waals surface area contributed by atoms with Crippen LogP contribution < -0.4 is 4.74 Å². The normalized spacial score (nSPS) is 10.7. The van der Waals surface area contributed by atoms with Crippen molar-refractivity contribution < 1.29 is 4.74 Å². The molecule has 0 N–H and O–H groups in total. The van der Waals surface area contributed by atoms with Gasteiger partial charge in [0, 0.05) is 17.9 Å². The van der Waals surface area contributed by atoms with Gasteiger partial charge in [-0.15, -0.1) is 0 Å². The van der Waals surface area contributed by atoms with Crippen LogP contribution in [0, 0.1) is 20.8 Å². The highest BCUT2D eigenvalue weighted by Gasteiger charge is 2.14. The minimum absolute atomic E-state index is 0.743. The summed E-state index contributed by atoms with van der Waals surface area (Å²) in [5.41, 5.74) is 4.58. The number of aryl methyl sites for hydroxylation is 4. The quantitative estimate of drug-likeness (QED) is 0.800. The lowest BCUT2D eigenvalue weighted by atomic mass is 10.1. The first-order chi connectivity index (χ1) is 8.52. The fraction of sp³-hybridized carbons (Fsp3) is 0.357. The van der Waals surface area contributed by atoms with Gasteiger partial charge >= 0.3 is 0 Å². The van der Waals surface area contributed by atoms with E-state index in [9.17, 15) is 0 Å². The van der Waals surface area contributed by atoms with Gasteiger partial charge in [-0.2, -0.15) is 5.10 Å². The van der Waals surface area contributed by atoms with Crippen LogP contribution in [0.2, 0.25) is 0 Å². The first kappa shape index (κ1) is 13.1. The molecule has 0 bridgehead atoms. The maximum absolute atomic E-state index is 5.96. The van der Waals surface area contributed by atoms with Gasteiger partial charge < -0.3 is 4.74 Å². The Balaban J connectivity index is 2.36. The molecule has 1 aromatic carbocycles. The van der Waals surface area contributed by atoms with Gasteiger partial charge in [0.25, 0.3) is 0 Å². The van der Waals surface area contributed by atoms with Crippen molar-refractivity contribution in [3.8, 4) is 11.6 Å². The first-order valence-corrected chi connectivity index (χ1v) is 6.98. The number of aromatic nitrogens is 2. The molecule has 0 aliphatic heterocycles. The summed E-state index contributed by atoms with van der Waals surface area (Å²) in [5.74, 6) is 1.65. The van der Waals surface area contributed by atoms with Crippen molar-refractivity contribution in [2.24, 2.45) is 7.05 Å². The lowest BCUT2D eigenvalue weighted by Crippen LogP contribution is -1.97. The van der Waals surface area contributed by atoms with Crippen LogP contribution in [-0.2, 0) is 12.4 Å². The third kappa shape index (κ3) is 2.43. The standard InChI is InChI=1S/C14H17BrN2O/c1-9-5-6-12(7-10(9)2)18-14-13(8-15)11(3)16-17(14)4/h5-7H,8H2,1-4H3. The van der Waals surface area contributed by atoms with Crippen LogP contribution in [0.25, 0.3) is 0 Å². The molecule has 1 aromatic heterocycles. The van der Waals surface area contributed by atoms with Crippen molar-refractivity contribution in [1.29, 1.82) is 0 Å². The summed E-state index contributed by atoms with van der Waals surface area (Å²) in [7, 11) is 1.90. The molecule has 4 heteroatoms. The topological polar surface area (TPSA) is 27.1 Å². The van der Waals surface area contributed by atoms with Crippen molar-refractivity contribution in [2.45, 2.75) is 26.1 Å². The lowest BCUT2D eigenvalue weighted by molar-refractivity contribution is 0.427. The maximum atomic E-state index is 5.96. The molecule has 0 atom stereocenters. The van der Waals surface area contributed by atoms with Crippen molar-refractivity contribution in [1.82, 2.24) is 9.78 Å². The highest BCUT2D eigenvalue weighted by molar-refractivity contribution is 9.08. The highest BCUT2D eigenvalue weighted by Crippen LogP contribution is 2.29. The van der Waals surface area contributed by atoms with Gasteiger partial charge in [-0.25, -0.2) is 4.68 Å². The Morgan fingerprint density at radius 3 is 2.56 bits per heavy atom. The van der Waals surface area contributed by atoms with Gasteiger partial charge in [-0.1, -0.05) is 22.0 Å². The van der Waals surface area contributed by atoms with E-state index in [0.29, 0.717) is 0 Å². The summed E-state index contributed by atoms with van der Waals surface area (Å²) in [6.45, 7) is 6.17. The summed E-state index contributed by atoms with van der Waals surface area (Å²) in [6, 6.07) is 6.11. The molecule has 0 saturated carbocycles. The third-order valence-corrected chi connectivity index (χ3v) is 3.68. The van der Waals surface area contributed by atoms with Crippen LogP contribution in [0.5, 0.6) is 11.6 Å². The van der Waals surface area contributed by atoms with Gasteiger partial charge in [0.2, 0.25) is 5.88 Å². The van der Waals surface area contributed by atoms with E-state index in [1.165, 1.54) is 11.1 Å². The van der Waals surface area contributed by atoms with E-state index in [1.807, 2.05) is 20.0 Å². The summed E-state index contributed by atoms with van der Waals surface area (Å²) < 4.78 is 7.74. The molecule has 96 valence electrons. The summed E-state index contributed by atoms with van der Waals surface area (Å²) in [4.78, 5) is 0. The molecular formula is C14H17BrN2O. The minimum atomic E-state index is 0.743. The second kappa shape index (κ2) is 5.14. The Bertz CT molecular complexity index is 575. The van der Waals surface area contributed by atoms with Gasteiger partial charge in [0.15, 0.2) is 0 Å². The molecule has 0 amide bonds. The van der Waals surface area contributed by atoms with Crippen LogP contribution >= 0.6 is 15.9 Å². The molecule has 0 unspecified atom stereocenters. The minimum Gasteiger partial charge on any atom is -0.439 e. The molecule has 2 aromatic rings. The van der Waals surface area contributed by atoms with Crippen molar-refractivity contribution in [2.75, 3.05) is 0 Å². The summed E-state index contributed by atoms with van der Waals surface area (Å²) in [5, 5.41) is 5.12. The zero-order chi connectivity index (χ0) is 13.3. The summed E-state index contributed by atoms with van der Waals surface area (Å²) >= 11 is 3.48. The Hall–Kier alpha value is -1.29. The SMILES string of the molecule is Cc1ccc(Oc2c(CBr)c(C)nn2C)cc1C. The molecule has 1 heterocycles. The number of halogens is 1. The van der Waals surface area contributed by atoms with Crippen molar-refractivity contribution in [3.05, 3.63) is 40.6 Å². The van der Waals surface area contributed by atoms with Crippen LogP contribution in [0.4, 0.5) is 0 Å². The van der Waals surface area contributed by atoms with Gasteiger partial charge in [-0.3, -0.25) is 0 Å². The van der Waals surface area contributed by atoms with E-state index in [1.54, 1.807) is 4.68 Å². The summed E-state index contributed by atoms with van der Waals surface area (Å²) in [6.07, 6.45) is 0. The second-order valence-corrected chi connectivity index (χ2v) is 5.04. The van der Waals surface area contributed by atoms with E-state index in [2.05, 4.69) is 47.0 Å². The Kier molecular flexibility index (Phi) is 3.76. The monoisotopic (exact) mass is 308 g/mol. The fourth-order valence-corrected chi connectivity index (χ4v) is 2.50. The Morgan fingerprint density at radius 1 is 1.22 bits per heavy atom. The molecular weight excluding hydrogens is 292 g/mol. The highest BCUT2D eigenvalue weighted by atomic mass is 79.9. The number of nitrogens with zero attached hydrogens (tertiary/aromatic N) is 2. The lowest BCUT2D eigenvalue weighted by Gasteiger charge is -2.09. The molecule has 0 fully saturated rings. The molecule has 2 rings (SSSR count). The number of rotatable bonds is 3. The molecule has 0 saturated heterocycles. The second-order valence-electron chi connectivity index (χ2n) is 4.47. The number of alkyl halides is 1. The number of hydrogen-bond donors (Lipinski definition) is 0. The Labute approximate surface area is 116 Å². The van der Waals surface area contributed by atoms with Gasteiger partial charge in [0.05, 0.1) is 5.69 Å². The van der Waals surface area contributed by atoms with E-state index >= 15 is 0 Å². The zero-order valence-corrected chi connectivity index (χ0v) is 12.7. The smallest absolute Gasteiger partial charge is 0.221 e. The van der Waals surface area contributed by atoms with Crippen LogP contribution in [0.3, 0.4) is 0 Å². The first-order valence-electron chi connectivity index (χ1n) is 5.86. The van der Waals surface area contributed by atoms with Crippen LogP contribution in [0.1, 0.15) is 22.4 Å². The van der Waals surface area contributed by atoms with Gasteiger partial charge in [-0.05, 0) is 44.0 Å². The Morgan fingerprint density at radius 2 is 1.94 bits per heavy atom.